The SMILES string of the molecule is CC(C)Oc1nc(N)nc(Sc2cccs2)n1. The van der Waals surface area contributed by atoms with E-state index in [0.29, 0.717) is 5.16 Å². The van der Waals surface area contributed by atoms with Crippen molar-refractivity contribution in [1.29, 1.82) is 0 Å². The Morgan fingerprint density at radius 1 is 1.35 bits per heavy atom. The number of anilines is 1. The zero-order valence-corrected chi connectivity index (χ0v) is 11.1. The molecule has 0 amide bonds. The molecular formula is C10H12N4OS2. The molecule has 0 spiro atoms. The normalized spacial score (nSPS) is 10.8. The van der Waals surface area contributed by atoms with Crippen LogP contribution in [-0.2, 0) is 0 Å². The lowest BCUT2D eigenvalue weighted by Gasteiger charge is -2.08. The third-order valence-electron chi connectivity index (χ3n) is 1.64. The smallest absolute Gasteiger partial charge is 0.322 e. The van der Waals surface area contributed by atoms with E-state index in [9.17, 15) is 0 Å². The number of nitrogens with two attached hydrogens (primary N) is 1. The third-order valence-corrected chi connectivity index (χ3v) is 3.54. The van der Waals surface area contributed by atoms with Crippen LogP contribution in [0.15, 0.2) is 26.9 Å². The summed E-state index contributed by atoms with van der Waals surface area (Å²) in [5.74, 6) is 0.176. The van der Waals surface area contributed by atoms with Crippen molar-refractivity contribution in [3.8, 4) is 6.01 Å². The molecule has 0 saturated carbocycles. The molecule has 2 N–H and O–H groups in total. The first kappa shape index (κ1) is 12.1. The van der Waals surface area contributed by atoms with Crippen LogP contribution in [0.1, 0.15) is 13.8 Å². The van der Waals surface area contributed by atoms with Gasteiger partial charge in [0.1, 0.15) is 0 Å². The van der Waals surface area contributed by atoms with Crippen LogP contribution in [0.2, 0.25) is 0 Å². The summed E-state index contributed by atoms with van der Waals surface area (Å²) in [4.78, 5) is 12.2. The lowest BCUT2D eigenvalue weighted by atomic mass is 10.5. The zero-order valence-electron chi connectivity index (χ0n) is 9.45. The molecule has 2 aromatic rings. The molecule has 2 heterocycles. The summed E-state index contributed by atoms with van der Waals surface area (Å²) in [7, 11) is 0. The number of hydrogen-bond donors (Lipinski definition) is 1. The van der Waals surface area contributed by atoms with E-state index in [-0.39, 0.29) is 18.1 Å². The standard InChI is InChI=1S/C10H12N4OS2/c1-6(2)15-9-12-8(11)13-10(14-9)17-7-4-3-5-16-7/h3-6H,1-2H3,(H2,11,12,13,14). The molecule has 0 radical (unpaired) electrons. The fraction of sp³-hybridized carbons (Fsp3) is 0.300. The van der Waals surface area contributed by atoms with Gasteiger partial charge >= 0.3 is 6.01 Å². The Morgan fingerprint density at radius 2 is 2.18 bits per heavy atom. The number of nitrogens with zero attached hydrogens (tertiary/aromatic N) is 3. The van der Waals surface area contributed by atoms with E-state index in [1.54, 1.807) is 11.3 Å². The van der Waals surface area contributed by atoms with Gasteiger partial charge in [0.05, 0.1) is 10.3 Å². The van der Waals surface area contributed by atoms with E-state index in [4.69, 9.17) is 10.5 Å². The van der Waals surface area contributed by atoms with Gasteiger partial charge in [0, 0.05) is 0 Å². The van der Waals surface area contributed by atoms with Gasteiger partial charge in [-0.2, -0.15) is 15.0 Å². The van der Waals surface area contributed by atoms with Crippen molar-refractivity contribution in [2.45, 2.75) is 29.3 Å². The van der Waals surface area contributed by atoms with Crippen LogP contribution in [0, 0.1) is 0 Å². The Morgan fingerprint density at radius 3 is 2.82 bits per heavy atom. The fourth-order valence-electron chi connectivity index (χ4n) is 1.07. The van der Waals surface area contributed by atoms with Crippen LogP contribution < -0.4 is 10.5 Å². The number of nitrogen functional groups attached to an aromatic ring is 1. The number of hydrogen-bond acceptors (Lipinski definition) is 7. The first-order valence-corrected chi connectivity index (χ1v) is 6.72. The van der Waals surface area contributed by atoms with Crippen LogP contribution in [0.4, 0.5) is 5.95 Å². The average Bonchev–Trinajstić information content (AvgIpc) is 2.67. The Balaban J connectivity index is 2.19. The van der Waals surface area contributed by atoms with Crippen molar-refractivity contribution in [3.05, 3.63) is 17.5 Å². The van der Waals surface area contributed by atoms with E-state index in [2.05, 4.69) is 15.0 Å². The lowest BCUT2D eigenvalue weighted by molar-refractivity contribution is 0.219. The van der Waals surface area contributed by atoms with Gasteiger partial charge in [0.15, 0.2) is 0 Å². The molecule has 2 aromatic heterocycles. The maximum absolute atomic E-state index is 5.61. The number of rotatable bonds is 4. The maximum Gasteiger partial charge on any atom is 0.322 e. The highest BCUT2D eigenvalue weighted by Gasteiger charge is 2.08. The van der Waals surface area contributed by atoms with Gasteiger partial charge in [0.25, 0.3) is 0 Å². The number of thiophene rings is 1. The maximum atomic E-state index is 5.61. The van der Waals surface area contributed by atoms with Crippen LogP contribution in [0.5, 0.6) is 6.01 Å². The van der Waals surface area contributed by atoms with Gasteiger partial charge in [-0.05, 0) is 37.1 Å². The zero-order chi connectivity index (χ0) is 12.3. The minimum Gasteiger partial charge on any atom is -0.461 e. The van der Waals surface area contributed by atoms with Crippen molar-refractivity contribution in [1.82, 2.24) is 15.0 Å². The molecule has 0 aromatic carbocycles. The van der Waals surface area contributed by atoms with Crippen LogP contribution in [0.25, 0.3) is 0 Å². The molecule has 17 heavy (non-hydrogen) atoms. The van der Waals surface area contributed by atoms with Crippen molar-refractivity contribution in [2.24, 2.45) is 0 Å². The minimum absolute atomic E-state index is 0.0105. The molecule has 5 nitrogen and oxygen atoms in total. The van der Waals surface area contributed by atoms with Gasteiger partial charge < -0.3 is 10.5 Å². The van der Waals surface area contributed by atoms with Crippen molar-refractivity contribution >= 4 is 29.0 Å². The average molecular weight is 268 g/mol. The highest BCUT2D eigenvalue weighted by molar-refractivity contribution is 8.01. The molecule has 0 bridgehead atoms. The summed E-state index contributed by atoms with van der Waals surface area (Å²) >= 11 is 3.07. The summed E-state index contributed by atoms with van der Waals surface area (Å²) in [5.41, 5.74) is 5.61. The molecule has 0 unspecified atom stereocenters. The van der Waals surface area contributed by atoms with Gasteiger partial charge in [0.2, 0.25) is 11.1 Å². The molecular weight excluding hydrogens is 256 g/mol. The topological polar surface area (TPSA) is 73.9 Å². The lowest BCUT2D eigenvalue weighted by Crippen LogP contribution is -2.10. The Hall–Kier alpha value is -1.34. The van der Waals surface area contributed by atoms with Gasteiger partial charge in [-0.3, -0.25) is 0 Å². The van der Waals surface area contributed by atoms with E-state index in [1.807, 2.05) is 31.4 Å². The monoisotopic (exact) mass is 268 g/mol. The summed E-state index contributed by atoms with van der Waals surface area (Å²) in [6.45, 7) is 3.82. The number of aromatic nitrogens is 3. The molecule has 0 atom stereocenters. The van der Waals surface area contributed by atoms with Gasteiger partial charge in [-0.25, -0.2) is 0 Å². The highest BCUT2D eigenvalue weighted by Crippen LogP contribution is 2.29. The first-order valence-electron chi connectivity index (χ1n) is 5.03. The molecule has 0 saturated heterocycles. The molecule has 0 aliphatic carbocycles. The van der Waals surface area contributed by atoms with E-state index < -0.39 is 0 Å². The second-order valence-electron chi connectivity index (χ2n) is 3.46. The molecule has 2 rings (SSSR count). The number of ether oxygens (including phenoxy) is 1. The summed E-state index contributed by atoms with van der Waals surface area (Å²) in [6, 6.07) is 4.24. The predicted octanol–water partition coefficient (Wildman–Crippen LogP) is 2.45. The summed E-state index contributed by atoms with van der Waals surface area (Å²) in [5, 5.41) is 2.55. The molecule has 7 heteroatoms. The summed E-state index contributed by atoms with van der Waals surface area (Å²) in [6.07, 6.45) is 0.0105. The second kappa shape index (κ2) is 5.33. The van der Waals surface area contributed by atoms with E-state index in [1.165, 1.54) is 11.8 Å². The summed E-state index contributed by atoms with van der Waals surface area (Å²) < 4.78 is 6.51. The largest absolute Gasteiger partial charge is 0.461 e. The van der Waals surface area contributed by atoms with Crippen LogP contribution in [0.3, 0.4) is 0 Å². The molecule has 0 fully saturated rings. The minimum atomic E-state index is 0.0105. The van der Waals surface area contributed by atoms with Gasteiger partial charge in [-0.1, -0.05) is 6.07 Å². The Kier molecular flexibility index (Phi) is 3.80. The quantitative estimate of drug-likeness (QED) is 0.918. The molecule has 90 valence electrons. The highest BCUT2D eigenvalue weighted by atomic mass is 32.2. The predicted molar refractivity (Wildman–Crippen MR) is 68.4 cm³/mol. The third kappa shape index (κ3) is 3.57. The van der Waals surface area contributed by atoms with Crippen LogP contribution >= 0.6 is 23.1 Å². The van der Waals surface area contributed by atoms with Gasteiger partial charge in [-0.15, -0.1) is 11.3 Å². The molecule has 0 aliphatic heterocycles. The van der Waals surface area contributed by atoms with Crippen molar-refractivity contribution in [3.63, 3.8) is 0 Å². The van der Waals surface area contributed by atoms with E-state index >= 15 is 0 Å². The Bertz CT molecular complexity index is 487. The van der Waals surface area contributed by atoms with Crippen molar-refractivity contribution in [2.75, 3.05) is 5.73 Å². The van der Waals surface area contributed by atoms with E-state index in [0.717, 1.165) is 4.21 Å². The fourth-order valence-corrected chi connectivity index (χ4v) is 2.69. The Labute approximate surface area is 107 Å². The van der Waals surface area contributed by atoms with Crippen molar-refractivity contribution < 1.29 is 4.74 Å². The first-order chi connectivity index (χ1) is 8.13. The second-order valence-corrected chi connectivity index (χ2v) is 5.67. The van der Waals surface area contributed by atoms with Crippen LogP contribution in [-0.4, -0.2) is 21.1 Å². The molecule has 0 aliphatic rings.